The molecule has 0 bridgehead atoms. The minimum absolute atomic E-state index is 0.0632. The summed E-state index contributed by atoms with van der Waals surface area (Å²) in [6.45, 7) is 3.82. The Kier molecular flexibility index (Phi) is 17.4. The molecule has 200 valence electrons. The van der Waals surface area contributed by atoms with Gasteiger partial charge >= 0.3 is 5.97 Å². The summed E-state index contributed by atoms with van der Waals surface area (Å²) in [4.78, 5) is 29.5. The first kappa shape index (κ1) is 30.7. The molecule has 0 fully saturated rings. The lowest BCUT2D eigenvalue weighted by Crippen LogP contribution is -2.36. The van der Waals surface area contributed by atoms with Crippen LogP contribution < -0.4 is 4.74 Å². The van der Waals surface area contributed by atoms with Crippen molar-refractivity contribution in [3.63, 3.8) is 0 Å². The minimum Gasteiger partial charge on any atom is -0.492 e. The van der Waals surface area contributed by atoms with Gasteiger partial charge in [0.05, 0.1) is 72.0 Å². The van der Waals surface area contributed by atoms with Gasteiger partial charge in [-0.3, -0.25) is 14.6 Å². The van der Waals surface area contributed by atoms with Crippen molar-refractivity contribution in [3.8, 4) is 5.75 Å². The van der Waals surface area contributed by atoms with Gasteiger partial charge in [0.25, 0.3) is 0 Å². The maximum atomic E-state index is 12.7. The molecule has 1 amide bonds. The van der Waals surface area contributed by atoms with Crippen LogP contribution in [0.25, 0.3) is 0 Å². The van der Waals surface area contributed by atoms with Crippen LogP contribution in [0.15, 0.2) is 18.3 Å². The molecule has 1 aromatic heterocycles. The molecule has 12 heteroatoms. The van der Waals surface area contributed by atoms with Gasteiger partial charge in [-0.15, -0.1) is 0 Å². The molecular weight excluding hydrogens is 464 g/mol. The fraction of sp³-hybridized carbons (Fsp3) is 0.696. The number of ether oxygens (including phenoxy) is 6. The van der Waals surface area contributed by atoms with Crippen molar-refractivity contribution in [2.75, 3.05) is 80.2 Å². The third-order valence-electron chi connectivity index (χ3n) is 4.67. The summed E-state index contributed by atoms with van der Waals surface area (Å²) in [5.41, 5.74) is 0.0632. The number of rotatable bonds is 21. The highest BCUT2D eigenvalue weighted by Crippen LogP contribution is 2.15. The van der Waals surface area contributed by atoms with E-state index in [4.69, 9.17) is 23.7 Å². The van der Waals surface area contributed by atoms with E-state index in [-0.39, 0.29) is 50.2 Å². The third kappa shape index (κ3) is 15.3. The Balaban J connectivity index is 2.34. The van der Waals surface area contributed by atoms with Gasteiger partial charge in [-0.05, 0) is 12.5 Å². The number of amides is 1. The Bertz CT molecular complexity index is 705. The highest BCUT2D eigenvalue weighted by Gasteiger charge is 2.15. The average Bonchev–Trinajstić information content (AvgIpc) is 2.86. The van der Waals surface area contributed by atoms with E-state index < -0.39 is 6.29 Å². The van der Waals surface area contributed by atoms with E-state index in [1.165, 1.54) is 19.4 Å². The smallest absolute Gasteiger partial charge is 0.305 e. The first-order valence-electron chi connectivity index (χ1n) is 11.5. The van der Waals surface area contributed by atoms with Crippen LogP contribution in [0.1, 0.15) is 31.2 Å². The molecule has 0 atom stereocenters. The number of carbonyl (C=O) groups is 2. The van der Waals surface area contributed by atoms with Crippen molar-refractivity contribution >= 4 is 11.9 Å². The third-order valence-corrected chi connectivity index (χ3v) is 4.67. The van der Waals surface area contributed by atoms with Crippen LogP contribution in [0, 0.1) is 0 Å². The standard InChI is InChI=1S/C23H38N2O10/c1-30-12-13-33-16-17-34-15-14-32-10-6-21(26)25(8-3-4-22(27)31-2)9-11-35-19-5-7-24-20(18-19)23(28)29/h5,7,18,23,28-29H,3-4,6,8-17H2,1-2H3. The Morgan fingerprint density at radius 2 is 1.57 bits per heavy atom. The molecule has 0 aliphatic carbocycles. The van der Waals surface area contributed by atoms with Crippen molar-refractivity contribution in [1.82, 2.24) is 9.88 Å². The number of esters is 1. The average molecular weight is 503 g/mol. The molecule has 0 unspecified atom stereocenters. The normalized spacial score (nSPS) is 11.0. The summed E-state index contributed by atoms with van der Waals surface area (Å²) < 4.78 is 31.3. The van der Waals surface area contributed by atoms with Crippen molar-refractivity contribution in [1.29, 1.82) is 0 Å². The summed E-state index contributed by atoms with van der Waals surface area (Å²) in [5.74, 6) is -0.0717. The predicted octanol–water partition coefficient (Wildman–Crippen LogP) is 0.312. The van der Waals surface area contributed by atoms with Gasteiger partial charge in [0.1, 0.15) is 12.4 Å². The zero-order chi connectivity index (χ0) is 25.7. The van der Waals surface area contributed by atoms with E-state index >= 15 is 0 Å². The molecule has 0 aromatic carbocycles. The maximum absolute atomic E-state index is 12.7. The van der Waals surface area contributed by atoms with E-state index in [9.17, 15) is 19.8 Å². The SMILES string of the molecule is COCCOCCOCCOCCC(=O)N(CCCC(=O)OC)CCOc1ccnc(C(O)O)c1. The van der Waals surface area contributed by atoms with Crippen molar-refractivity contribution < 1.29 is 48.2 Å². The molecule has 0 aliphatic heterocycles. The van der Waals surface area contributed by atoms with Crippen LogP contribution in [0.3, 0.4) is 0 Å². The summed E-state index contributed by atoms with van der Waals surface area (Å²) in [6, 6.07) is 2.99. The van der Waals surface area contributed by atoms with Crippen LogP contribution >= 0.6 is 0 Å². The van der Waals surface area contributed by atoms with Crippen LogP contribution in [0.2, 0.25) is 0 Å². The van der Waals surface area contributed by atoms with Gasteiger partial charge in [0.15, 0.2) is 6.29 Å². The first-order valence-corrected chi connectivity index (χ1v) is 11.5. The molecule has 35 heavy (non-hydrogen) atoms. The number of nitrogens with zero attached hydrogens (tertiary/aromatic N) is 2. The van der Waals surface area contributed by atoms with Crippen molar-refractivity contribution in [2.24, 2.45) is 0 Å². The van der Waals surface area contributed by atoms with Gasteiger partial charge in [-0.25, -0.2) is 0 Å². The lowest BCUT2D eigenvalue weighted by atomic mass is 10.2. The fourth-order valence-corrected chi connectivity index (χ4v) is 2.81. The molecule has 1 heterocycles. The number of methoxy groups -OCH3 is 2. The van der Waals surface area contributed by atoms with Gasteiger partial charge in [-0.1, -0.05) is 0 Å². The van der Waals surface area contributed by atoms with Crippen molar-refractivity contribution in [3.05, 3.63) is 24.0 Å². The molecule has 0 saturated carbocycles. The highest BCUT2D eigenvalue weighted by atomic mass is 16.6. The number of aliphatic hydroxyl groups is 2. The second-order valence-corrected chi connectivity index (χ2v) is 7.28. The quantitative estimate of drug-likeness (QED) is 0.136. The summed E-state index contributed by atoms with van der Waals surface area (Å²) in [5, 5.41) is 18.4. The number of pyridine rings is 1. The molecule has 1 aromatic rings. The van der Waals surface area contributed by atoms with E-state index in [1.807, 2.05) is 0 Å². The summed E-state index contributed by atoms with van der Waals surface area (Å²) >= 11 is 0. The number of hydrogen-bond donors (Lipinski definition) is 2. The summed E-state index contributed by atoms with van der Waals surface area (Å²) in [7, 11) is 2.93. The van der Waals surface area contributed by atoms with Gasteiger partial charge in [0, 0.05) is 32.3 Å². The highest BCUT2D eigenvalue weighted by molar-refractivity contribution is 5.76. The minimum atomic E-state index is -1.70. The van der Waals surface area contributed by atoms with E-state index in [2.05, 4.69) is 9.72 Å². The molecule has 0 spiro atoms. The number of aliphatic hydroxyl groups excluding tert-OH is 1. The zero-order valence-electron chi connectivity index (χ0n) is 20.6. The predicted molar refractivity (Wildman–Crippen MR) is 124 cm³/mol. The number of aromatic nitrogens is 1. The van der Waals surface area contributed by atoms with Crippen LogP contribution in [-0.2, 0) is 33.3 Å². The topological polar surface area (TPSA) is 146 Å². The van der Waals surface area contributed by atoms with Crippen LogP contribution in [0.4, 0.5) is 0 Å². The monoisotopic (exact) mass is 502 g/mol. The van der Waals surface area contributed by atoms with Crippen LogP contribution in [-0.4, -0.2) is 112 Å². The van der Waals surface area contributed by atoms with Gasteiger partial charge in [-0.2, -0.15) is 0 Å². The molecule has 0 saturated heterocycles. The Morgan fingerprint density at radius 1 is 0.914 bits per heavy atom. The van der Waals surface area contributed by atoms with Crippen LogP contribution in [0.5, 0.6) is 5.75 Å². The van der Waals surface area contributed by atoms with E-state index in [1.54, 1.807) is 18.1 Å². The molecule has 1 rings (SSSR count). The maximum Gasteiger partial charge on any atom is 0.305 e. The summed E-state index contributed by atoms with van der Waals surface area (Å²) in [6.07, 6.45) is 0.532. The molecule has 0 radical (unpaired) electrons. The second-order valence-electron chi connectivity index (χ2n) is 7.28. The molecule has 0 aliphatic rings. The molecule has 2 N–H and O–H groups in total. The number of hydrogen-bond acceptors (Lipinski definition) is 11. The Labute approximate surface area is 206 Å². The lowest BCUT2D eigenvalue weighted by Gasteiger charge is -2.23. The van der Waals surface area contributed by atoms with E-state index in [0.717, 1.165) is 0 Å². The largest absolute Gasteiger partial charge is 0.492 e. The Morgan fingerprint density at radius 3 is 2.20 bits per heavy atom. The molecule has 12 nitrogen and oxygen atoms in total. The first-order chi connectivity index (χ1) is 17.0. The van der Waals surface area contributed by atoms with Crippen molar-refractivity contribution in [2.45, 2.75) is 25.6 Å². The van der Waals surface area contributed by atoms with Gasteiger partial charge in [0.2, 0.25) is 5.91 Å². The Hall–Kier alpha value is -2.35. The second kappa shape index (κ2) is 19.9. The van der Waals surface area contributed by atoms with Gasteiger partial charge < -0.3 is 43.5 Å². The van der Waals surface area contributed by atoms with E-state index in [0.29, 0.717) is 58.4 Å². The fourth-order valence-electron chi connectivity index (χ4n) is 2.81. The zero-order valence-corrected chi connectivity index (χ0v) is 20.6. The number of carbonyl (C=O) groups excluding carboxylic acids is 2. The lowest BCUT2D eigenvalue weighted by molar-refractivity contribution is -0.141. The molecular formula is C23H38N2O10.